The fraction of sp³-hybridized carbons (Fsp3) is 0.0714. The maximum Gasteiger partial charge on any atom is 0.271 e. The van der Waals surface area contributed by atoms with E-state index in [0.29, 0.717) is 11.3 Å². The Labute approximate surface area is 120 Å². The Hall–Kier alpha value is -3.09. The van der Waals surface area contributed by atoms with Crippen LogP contribution in [0.5, 0.6) is 5.75 Å². The third kappa shape index (κ3) is 3.08. The molecule has 0 saturated carbocycles. The SMILES string of the molecule is CNc1ccccc1C(=O)Nc1cc([N+](=O)[O-])ccc1O. The second kappa shape index (κ2) is 5.91. The summed E-state index contributed by atoms with van der Waals surface area (Å²) in [5.74, 6) is -0.716. The highest BCUT2D eigenvalue weighted by Gasteiger charge is 2.15. The van der Waals surface area contributed by atoms with Crippen LogP contribution in [0.3, 0.4) is 0 Å². The Morgan fingerprint density at radius 3 is 2.57 bits per heavy atom. The number of para-hydroxylation sites is 1. The third-order valence-electron chi connectivity index (χ3n) is 2.88. The summed E-state index contributed by atoms with van der Waals surface area (Å²) in [7, 11) is 1.68. The predicted octanol–water partition coefficient (Wildman–Crippen LogP) is 2.59. The van der Waals surface area contributed by atoms with Crippen molar-refractivity contribution in [3.05, 3.63) is 58.1 Å². The number of nitro groups is 1. The van der Waals surface area contributed by atoms with Gasteiger partial charge in [-0.25, -0.2) is 0 Å². The van der Waals surface area contributed by atoms with Gasteiger partial charge in [0.25, 0.3) is 11.6 Å². The van der Waals surface area contributed by atoms with Crippen molar-refractivity contribution in [2.45, 2.75) is 0 Å². The molecule has 0 saturated heterocycles. The van der Waals surface area contributed by atoms with Gasteiger partial charge in [0.2, 0.25) is 0 Å². The Kier molecular flexibility index (Phi) is 4.03. The van der Waals surface area contributed by atoms with Crippen molar-refractivity contribution in [3.63, 3.8) is 0 Å². The summed E-state index contributed by atoms with van der Waals surface area (Å²) in [6.45, 7) is 0. The number of nitrogens with one attached hydrogen (secondary N) is 2. The van der Waals surface area contributed by atoms with Gasteiger partial charge in [0.15, 0.2) is 0 Å². The van der Waals surface area contributed by atoms with Gasteiger partial charge in [-0.15, -0.1) is 0 Å². The van der Waals surface area contributed by atoms with Gasteiger partial charge >= 0.3 is 0 Å². The number of rotatable bonds is 4. The summed E-state index contributed by atoms with van der Waals surface area (Å²) in [5.41, 5.74) is 0.746. The molecule has 7 heteroatoms. The average Bonchev–Trinajstić information content (AvgIpc) is 2.49. The number of hydrogen-bond donors (Lipinski definition) is 3. The van der Waals surface area contributed by atoms with Gasteiger partial charge < -0.3 is 15.7 Å². The van der Waals surface area contributed by atoms with Crippen LogP contribution in [0.15, 0.2) is 42.5 Å². The molecule has 2 rings (SSSR count). The second-order valence-corrected chi connectivity index (χ2v) is 4.21. The van der Waals surface area contributed by atoms with Crippen molar-refractivity contribution < 1.29 is 14.8 Å². The molecule has 3 N–H and O–H groups in total. The van der Waals surface area contributed by atoms with Gasteiger partial charge in [0.1, 0.15) is 5.75 Å². The summed E-state index contributed by atoms with van der Waals surface area (Å²) in [4.78, 5) is 22.3. The minimum absolute atomic E-state index is 0.0138. The van der Waals surface area contributed by atoms with Crippen LogP contribution in [0.2, 0.25) is 0 Å². The summed E-state index contributed by atoms with van der Waals surface area (Å²) >= 11 is 0. The fourth-order valence-electron chi connectivity index (χ4n) is 1.83. The quantitative estimate of drug-likeness (QED) is 0.455. The Bertz CT molecular complexity index is 700. The van der Waals surface area contributed by atoms with Gasteiger partial charge in [-0.1, -0.05) is 12.1 Å². The van der Waals surface area contributed by atoms with E-state index in [1.807, 2.05) is 0 Å². The fourth-order valence-corrected chi connectivity index (χ4v) is 1.83. The number of nitro benzene ring substituents is 1. The molecule has 0 fully saturated rings. The van der Waals surface area contributed by atoms with Crippen molar-refractivity contribution in [2.75, 3.05) is 17.7 Å². The molecule has 0 bridgehead atoms. The summed E-state index contributed by atoms with van der Waals surface area (Å²) < 4.78 is 0. The number of carbonyl (C=O) groups excluding carboxylic acids is 1. The Morgan fingerprint density at radius 1 is 1.19 bits per heavy atom. The van der Waals surface area contributed by atoms with E-state index in [-0.39, 0.29) is 17.1 Å². The van der Waals surface area contributed by atoms with Gasteiger partial charge in [-0.2, -0.15) is 0 Å². The minimum Gasteiger partial charge on any atom is -0.506 e. The number of aromatic hydroxyl groups is 1. The molecule has 0 aliphatic carbocycles. The van der Waals surface area contributed by atoms with Crippen molar-refractivity contribution in [1.29, 1.82) is 0 Å². The van der Waals surface area contributed by atoms with Crippen LogP contribution in [0, 0.1) is 10.1 Å². The first kappa shape index (κ1) is 14.3. The molecule has 0 aliphatic heterocycles. The number of nitrogens with zero attached hydrogens (tertiary/aromatic N) is 1. The predicted molar refractivity (Wildman–Crippen MR) is 78.7 cm³/mol. The smallest absolute Gasteiger partial charge is 0.271 e. The van der Waals surface area contributed by atoms with Crippen molar-refractivity contribution in [1.82, 2.24) is 0 Å². The first-order chi connectivity index (χ1) is 10.0. The maximum atomic E-state index is 12.2. The number of phenolic OH excluding ortho intramolecular Hbond substituents is 1. The molecule has 0 atom stereocenters. The number of non-ortho nitro benzene ring substituents is 1. The zero-order valence-corrected chi connectivity index (χ0v) is 11.2. The normalized spacial score (nSPS) is 9.95. The average molecular weight is 287 g/mol. The molecule has 7 nitrogen and oxygen atoms in total. The largest absolute Gasteiger partial charge is 0.506 e. The van der Waals surface area contributed by atoms with Gasteiger partial charge in [-0.3, -0.25) is 14.9 Å². The molecular weight excluding hydrogens is 274 g/mol. The standard InChI is InChI=1S/C14H13N3O4/c1-15-11-5-3-2-4-10(11)14(19)16-12-8-9(17(20)21)6-7-13(12)18/h2-8,15,18H,1H3,(H,16,19). The molecule has 1 amide bonds. The lowest BCUT2D eigenvalue weighted by Gasteiger charge is -2.10. The molecule has 21 heavy (non-hydrogen) atoms. The molecular formula is C14H13N3O4. The lowest BCUT2D eigenvalue weighted by molar-refractivity contribution is -0.384. The summed E-state index contributed by atoms with van der Waals surface area (Å²) in [5, 5.41) is 25.7. The van der Waals surface area contributed by atoms with Crippen LogP contribution in [0.1, 0.15) is 10.4 Å². The van der Waals surface area contributed by atoms with E-state index >= 15 is 0 Å². The Balaban J connectivity index is 2.31. The molecule has 0 aliphatic rings. The van der Waals surface area contributed by atoms with Crippen molar-refractivity contribution in [2.24, 2.45) is 0 Å². The molecule has 0 spiro atoms. The van der Waals surface area contributed by atoms with Crippen LogP contribution < -0.4 is 10.6 Å². The summed E-state index contributed by atoms with van der Waals surface area (Å²) in [6, 6.07) is 10.2. The zero-order valence-electron chi connectivity index (χ0n) is 11.2. The monoisotopic (exact) mass is 287 g/mol. The van der Waals surface area contributed by atoms with Crippen LogP contribution in [-0.2, 0) is 0 Å². The van der Waals surface area contributed by atoms with Crippen molar-refractivity contribution in [3.8, 4) is 5.75 Å². The maximum absolute atomic E-state index is 12.2. The van der Waals surface area contributed by atoms with Crippen LogP contribution in [0.25, 0.3) is 0 Å². The molecule has 2 aromatic rings. The first-order valence-electron chi connectivity index (χ1n) is 6.08. The number of anilines is 2. The van der Waals surface area contributed by atoms with Crippen molar-refractivity contribution >= 4 is 23.0 Å². The number of amides is 1. The van der Waals surface area contributed by atoms with E-state index in [1.54, 1.807) is 31.3 Å². The minimum atomic E-state index is -0.601. The topological polar surface area (TPSA) is 104 Å². The molecule has 0 heterocycles. The van der Waals surface area contributed by atoms with E-state index in [4.69, 9.17) is 0 Å². The van der Waals surface area contributed by atoms with Gasteiger partial charge in [-0.05, 0) is 18.2 Å². The molecule has 0 unspecified atom stereocenters. The molecule has 2 aromatic carbocycles. The highest BCUT2D eigenvalue weighted by Crippen LogP contribution is 2.28. The highest BCUT2D eigenvalue weighted by molar-refractivity contribution is 6.08. The molecule has 0 aromatic heterocycles. The number of hydrogen-bond acceptors (Lipinski definition) is 5. The lowest BCUT2D eigenvalue weighted by atomic mass is 10.1. The highest BCUT2D eigenvalue weighted by atomic mass is 16.6. The number of carbonyl (C=O) groups is 1. The second-order valence-electron chi connectivity index (χ2n) is 4.21. The van der Waals surface area contributed by atoms with E-state index in [9.17, 15) is 20.0 Å². The summed E-state index contributed by atoms with van der Waals surface area (Å²) in [6.07, 6.45) is 0. The number of benzene rings is 2. The molecule has 0 radical (unpaired) electrons. The van der Waals surface area contributed by atoms with E-state index in [0.717, 1.165) is 18.2 Å². The third-order valence-corrected chi connectivity index (χ3v) is 2.88. The van der Waals surface area contributed by atoms with Gasteiger partial charge in [0.05, 0.1) is 16.2 Å². The van der Waals surface area contributed by atoms with Crippen LogP contribution in [0.4, 0.5) is 17.1 Å². The van der Waals surface area contributed by atoms with E-state index in [1.165, 1.54) is 0 Å². The van der Waals surface area contributed by atoms with E-state index < -0.39 is 10.8 Å². The lowest BCUT2D eigenvalue weighted by Crippen LogP contribution is -2.14. The first-order valence-corrected chi connectivity index (χ1v) is 6.08. The van der Waals surface area contributed by atoms with Gasteiger partial charge in [0, 0.05) is 24.9 Å². The van der Waals surface area contributed by atoms with E-state index in [2.05, 4.69) is 10.6 Å². The molecule has 108 valence electrons. The van der Waals surface area contributed by atoms with Crippen LogP contribution in [-0.4, -0.2) is 23.0 Å². The van der Waals surface area contributed by atoms with Crippen LogP contribution >= 0.6 is 0 Å². The Morgan fingerprint density at radius 2 is 1.90 bits per heavy atom. The zero-order chi connectivity index (χ0) is 15.4. The number of phenols is 1.